The van der Waals surface area contributed by atoms with E-state index in [1.807, 2.05) is 24.7 Å². The number of pyridine rings is 3. The summed E-state index contributed by atoms with van der Waals surface area (Å²) in [6, 6.07) is 58.2. The molecule has 12 aromatic rings. The van der Waals surface area contributed by atoms with Crippen LogP contribution in [0.1, 0.15) is 266 Å². The molecule has 6 aromatic heterocycles. The molecule has 0 atom stereocenters. The second-order valence-electron chi connectivity index (χ2n) is 36.7. The molecule has 3 radical (unpaired) electrons. The molecule has 3 N–H and O–H groups in total. The number of fused-ring (bicyclic) bond motifs is 3. The molecule has 0 unspecified atom stereocenters. The second kappa shape index (κ2) is 43.0. The number of benzene rings is 6. The summed E-state index contributed by atoms with van der Waals surface area (Å²) in [7, 11) is 0. The number of rotatable bonds is 12. The normalized spacial score (nSPS) is 12.0. The number of carbonyl (C=O) groups is 3. The van der Waals surface area contributed by atoms with Crippen molar-refractivity contribution in [3.8, 4) is 67.7 Å². The maximum atomic E-state index is 10.0. The largest absolute Gasteiger partial charge is 0.512 e. The number of aliphatic hydroxyl groups excluding tert-OH is 3. The summed E-state index contributed by atoms with van der Waals surface area (Å²) in [5.41, 5.74) is 25.9. The van der Waals surface area contributed by atoms with E-state index in [1.54, 1.807) is 0 Å². The van der Waals surface area contributed by atoms with Crippen LogP contribution in [-0.4, -0.2) is 47.6 Å². The zero-order valence-corrected chi connectivity index (χ0v) is 82.7. The van der Waals surface area contributed by atoms with Gasteiger partial charge in [0.1, 0.15) is 34.0 Å². The summed E-state index contributed by atoms with van der Waals surface area (Å²) in [6.07, 6.45) is 9.24. The summed E-state index contributed by atoms with van der Waals surface area (Å²) >= 11 is 0. The molecule has 0 fully saturated rings. The number of furan rings is 3. The minimum atomic E-state index is -0.125. The predicted molar refractivity (Wildman–Crippen MR) is 482 cm³/mol. The number of nitrogens with zero attached hydrogens (tertiary/aromatic N) is 3. The van der Waals surface area contributed by atoms with Crippen molar-refractivity contribution in [2.24, 2.45) is 0 Å². The van der Waals surface area contributed by atoms with E-state index in [9.17, 15) is 14.4 Å². The Bertz CT molecular complexity index is 5430. The van der Waals surface area contributed by atoms with E-state index in [4.69, 9.17) is 43.5 Å². The first-order valence-electron chi connectivity index (χ1n) is 40.1. The van der Waals surface area contributed by atoms with Crippen LogP contribution in [0, 0.1) is 39.0 Å². The first-order valence-corrected chi connectivity index (χ1v) is 40.1. The third-order valence-corrected chi connectivity index (χ3v) is 19.3. The Morgan fingerprint density at radius 1 is 0.353 bits per heavy atom. The number of hydrogen-bond donors (Lipinski definition) is 3. The standard InChI is InChI=1S/C32H38NO.C30H34NO.C27H28NO.3C5H8O2.3Ir/c1-20-11-21(13-24(12-20)30(2,3)4)27-18-29-23(19-33-27)16-28(34-29)22-14-25(31(5,6)7)17-26(15-22)32(8,9)10;1-18(2)24-10-9-11-25(19(3)4)29(24)28-15-22-17-31-26(16-27(22)32-28)21-12-20(5)13-23(14-21)30(6,7)8;1-17(2)19-7-9-20(10-8-19)25-14-22-16-28-24(15-26(22)29-25)21-11-18(3)12-23(13-21)27(4,5)6;3*1-4(6)3-5(2)7;;;/h12-19H,1-10H3;9-11,13-19H,1-8H3;7-10,12-17H,1-6H3;3*3,6H,1-2H3;;;/q3*-1;;;;;;. The summed E-state index contributed by atoms with van der Waals surface area (Å²) < 4.78 is 19.1. The van der Waals surface area contributed by atoms with Crippen LogP contribution in [0.4, 0.5) is 0 Å². The summed E-state index contributed by atoms with van der Waals surface area (Å²) in [5, 5.41) is 28.1. The average molecular weight is 2140 g/mol. The fourth-order valence-electron chi connectivity index (χ4n) is 12.9. The number of aromatic nitrogens is 3. The number of aliphatic hydroxyl groups is 3. The molecule has 0 aliphatic rings. The van der Waals surface area contributed by atoms with Crippen LogP contribution in [0.15, 0.2) is 201 Å². The first kappa shape index (κ1) is 102. The molecule has 639 valence electrons. The summed E-state index contributed by atoms with van der Waals surface area (Å²) in [5.74, 6) is 3.86. The SMILES string of the molecule is CC(=O)C=C(C)O.CC(=O)C=C(C)O.CC(=O)C=C(C)O.Cc1[c-]c(-c2cc3oc(-c4c(C(C)C)cccc4C(C)C)cc3cn2)cc(C(C)(C)C)c1.Cc1[c-]c(-c2cc3oc(-c4cc(C(C)(C)C)cc(C(C)(C)C)c4)cc3cn2)cc(C(C)(C)C)c1.Cc1[c-]c(-c2cc3oc(-c4ccc(C(C)C)cc4)cc3cn2)cc(C(C)(C)C)c1.[Ir].[Ir].[Ir]. The Balaban J connectivity index is 0.000000330. The van der Waals surface area contributed by atoms with Gasteiger partial charge in [0, 0.05) is 130 Å². The molecule has 0 spiro atoms. The third-order valence-electron chi connectivity index (χ3n) is 19.3. The van der Waals surface area contributed by atoms with Gasteiger partial charge in [-0.2, -0.15) is 0 Å². The molecule has 0 saturated heterocycles. The van der Waals surface area contributed by atoms with Gasteiger partial charge in [0.2, 0.25) is 0 Å². The third kappa shape index (κ3) is 30.0. The van der Waals surface area contributed by atoms with Crippen LogP contribution in [-0.2, 0) is 102 Å². The summed E-state index contributed by atoms with van der Waals surface area (Å²) in [6.45, 7) is 61.9. The molecule has 0 aliphatic heterocycles. The number of carbonyl (C=O) groups excluding carboxylic acids is 3. The quantitative estimate of drug-likeness (QED) is 0.0597. The monoisotopic (exact) mass is 2140 g/mol. The fourth-order valence-corrected chi connectivity index (χ4v) is 12.9. The van der Waals surface area contributed by atoms with Gasteiger partial charge in [0.05, 0.1) is 17.3 Å². The fraction of sp³-hybridized carbons (Fsp3) is 0.365. The van der Waals surface area contributed by atoms with Crippen molar-refractivity contribution < 1.29 is 103 Å². The van der Waals surface area contributed by atoms with Gasteiger partial charge >= 0.3 is 0 Å². The van der Waals surface area contributed by atoms with Crippen molar-refractivity contribution in [3.63, 3.8) is 0 Å². The van der Waals surface area contributed by atoms with Crippen molar-refractivity contribution in [1.29, 1.82) is 0 Å². The van der Waals surface area contributed by atoms with Crippen molar-refractivity contribution in [3.05, 3.63) is 267 Å². The molecule has 0 amide bonds. The van der Waals surface area contributed by atoms with Crippen LogP contribution in [0.2, 0.25) is 0 Å². The molecular weight excluding hydrogens is 2010 g/mol. The van der Waals surface area contributed by atoms with Gasteiger partial charge < -0.3 is 43.5 Å². The van der Waals surface area contributed by atoms with Gasteiger partial charge in [-0.15, -0.1) is 105 Å². The molecule has 0 bridgehead atoms. The van der Waals surface area contributed by atoms with Crippen molar-refractivity contribution in [1.82, 2.24) is 15.0 Å². The molecule has 15 heteroatoms. The zero-order chi connectivity index (χ0) is 86.6. The van der Waals surface area contributed by atoms with Crippen molar-refractivity contribution >= 4 is 50.3 Å². The van der Waals surface area contributed by atoms with Crippen LogP contribution in [0.25, 0.3) is 101 Å². The Labute approximate surface area is 749 Å². The van der Waals surface area contributed by atoms with Crippen LogP contribution >= 0.6 is 0 Å². The van der Waals surface area contributed by atoms with Gasteiger partial charge in [-0.25, -0.2) is 0 Å². The van der Waals surface area contributed by atoms with E-state index >= 15 is 0 Å². The minimum Gasteiger partial charge on any atom is -0.512 e. The smallest absolute Gasteiger partial charge is 0.155 e. The molecule has 12 rings (SSSR count). The number of ketones is 3. The average Bonchev–Trinajstić information content (AvgIpc) is 1.68. The molecule has 0 saturated carbocycles. The van der Waals surface area contributed by atoms with E-state index in [0.29, 0.717) is 17.8 Å². The first-order chi connectivity index (χ1) is 53.7. The van der Waals surface area contributed by atoms with Crippen LogP contribution < -0.4 is 0 Å². The van der Waals surface area contributed by atoms with Crippen molar-refractivity contribution in [2.75, 3.05) is 0 Å². The van der Waals surface area contributed by atoms with E-state index < -0.39 is 0 Å². The van der Waals surface area contributed by atoms with Gasteiger partial charge in [-0.3, -0.25) is 14.4 Å². The molecule has 119 heavy (non-hydrogen) atoms. The van der Waals surface area contributed by atoms with E-state index in [2.05, 4.69) is 312 Å². The molecule has 6 aromatic carbocycles. The number of hydrogen-bond acceptors (Lipinski definition) is 12. The topological polar surface area (TPSA) is 190 Å². The second-order valence-corrected chi connectivity index (χ2v) is 36.7. The predicted octanol–water partition coefficient (Wildman–Crippen LogP) is 28.8. The number of allylic oxidation sites excluding steroid dienone is 6. The van der Waals surface area contributed by atoms with Gasteiger partial charge in [-0.05, 0) is 180 Å². The molecule has 6 heterocycles. The number of aryl methyl sites for hydroxylation is 3. The van der Waals surface area contributed by atoms with Crippen LogP contribution in [0.5, 0.6) is 0 Å². The Morgan fingerprint density at radius 2 is 0.630 bits per heavy atom. The Hall–Kier alpha value is -9.03. The van der Waals surface area contributed by atoms with Gasteiger partial charge in [0.25, 0.3) is 0 Å². The van der Waals surface area contributed by atoms with Crippen LogP contribution in [0.3, 0.4) is 0 Å². The Morgan fingerprint density at radius 3 is 0.891 bits per heavy atom. The summed E-state index contributed by atoms with van der Waals surface area (Å²) in [4.78, 5) is 44.3. The van der Waals surface area contributed by atoms with E-state index in [1.165, 1.54) is 110 Å². The van der Waals surface area contributed by atoms with Gasteiger partial charge in [0.15, 0.2) is 17.3 Å². The van der Waals surface area contributed by atoms with E-state index in [0.717, 1.165) is 112 Å². The maximum absolute atomic E-state index is 10.0. The maximum Gasteiger partial charge on any atom is 0.155 e. The van der Waals surface area contributed by atoms with E-state index in [-0.39, 0.29) is 122 Å². The Kier molecular flexibility index (Phi) is 36.9. The van der Waals surface area contributed by atoms with Crippen molar-refractivity contribution in [2.45, 2.75) is 253 Å². The zero-order valence-electron chi connectivity index (χ0n) is 75.5. The minimum absolute atomic E-state index is 0. The van der Waals surface area contributed by atoms with Gasteiger partial charge in [-0.1, -0.05) is 215 Å². The molecular formula is C104H124Ir3N3O9-3. The molecule has 12 nitrogen and oxygen atoms in total. The molecule has 0 aliphatic carbocycles.